The zero-order valence-corrected chi connectivity index (χ0v) is 42.8. The highest BCUT2D eigenvalue weighted by Gasteiger charge is 2.36. The van der Waals surface area contributed by atoms with Crippen LogP contribution in [0.1, 0.15) is 85.0 Å². The molecular weight excluding hydrogens is 984 g/mol. The van der Waals surface area contributed by atoms with Gasteiger partial charge in [0.25, 0.3) is 5.56 Å². The number of hydrogen-bond acceptors (Lipinski definition) is 15. The summed E-state index contributed by atoms with van der Waals surface area (Å²) in [5, 5.41) is 22.2. The number of ether oxygens (including phenoxy) is 2. The Morgan fingerprint density at radius 3 is 2.27 bits per heavy atom. The van der Waals surface area contributed by atoms with Gasteiger partial charge in [-0.2, -0.15) is 4.98 Å². The lowest BCUT2D eigenvalue weighted by atomic mass is 9.90. The van der Waals surface area contributed by atoms with E-state index in [1.54, 1.807) is 26.1 Å². The van der Waals surface area contributed by atoms with Crippen molar-refractivity contribution in [1.82, 2.24) is 28.9 Å². The Morgan fingerprint density at radius 2 is 1.67 bits per heavy atom. The number of nitrogens with two attached hydrogens (primary N) is 2. The van der Waals surface area contributed by atoms with Crippen molar-refractivity contribution in [3.63, 3.8) is 0 Å². The number of carbonyl (C=O) groups excluding carboxylic acids is 3. The fourth-order valence-corrected chi connectivity index (χ4v) is 10.3. The number of aliphatic hydroxyl groups excluding tert-OH is 2. The molecule has 0 spiro atoms. The lowest BCUT2D eigenvalue weighted by molar-refractivity contribution is -0.133. The number of nitrogen functional groups attached to an aromatic ring is 1. The number of anilines is 2. The number of nitrogens with one attached hydrogen (secondary N) is 1. The molecule has 0 saturated carbocycles. The van der Waals surface area contributed by atoms with Crippen LogP contribution >= 0.6 is 23.4 Å². The molecule has 24 heteroatoms. The molecule has 0 unspecified atom stereocenters. The summed E-state index contributed by atoms with van der Waals surface area (Å²) in [6, 6.07) is 14.5. The van der Waals surface area contributed by atoms with Crippen LogP contribution in [0.25, 0.3) is 10.4 Å². The summed E-state index contributed by atoms with van der Waals surface area (Å²) in [4.78, 5) is 85.8. The number of amides is 3. The second-order valence-electron chi connectivity index (χ2n) is 18.5. The molecule has 4 aromatic rings. The van der Waals surface area contributed by atoms with Gasteiger partial charge in [-0.05, 0) is 125 Å². The summed E-state index contributed by atoms with van der Waals surface area (Å²) in [6.07, 6.45) is 7.11. The number of primary amides is 1. The number of likely N-dealkylation sites (tertiary alicyclic amines) is 2. The maximum atomic E-state index is 13.7. The molecule has 7 N–H and O–H groups in total. The molecule has 4 aliphatic rings. The van der Waals surface area contributed by atoms with Gasteiger partial charge in [-0.25, -0.2) is 9.59 Å². The summed E-state index contributed by atoms with van der Waals surface area (Å²) in [6.45, 7) is 9.74. The first-order chi connectivity index (χ1) is 35.0. The van der Waals surface area contributed by atoms with Crippen LogP contribution in [0.5, 0.6) is 0 Å². The quantitative estimate of drug-likeness (QED) is 0.0680. The molecule has 0 bridgehead atoms. The Bertz CT molecular complexity index is 2760. The van der Waals surface area contributed by atoms with E-state index in [9.17, 15) is 28.8 Å². The van der Waals surface area contributed by atoms with Gasteiger partial charge in [-0.1, -0.05) is 34.9 Å². The molecule has 0 aliphatic carbocycles. The van der Waals surface area contributed by atoms with Crippen molar-refractivity contribution in [2.24, 2.45) is 22.7 Å². The maximum absolute atomic E-state index is 13.7. The number of aromatic amines is 1. The molecule has 394 valence electrons. The van der Waals surface area contributed by atoms with Crippen molar-refractivity contribution < 1.29 is 34.1 Å². The monoisotopic (exact) mass is 1050 g/mol. The number of rotatable bonds is 14. The van der Waals surface area contributed by atoms with Gasteiger partial charge < -0.3 is 45.9 Å². The van der Waals surface area contributed by atoms with Gasteiger partial charge in [0.1, 0.15) is 23.7 Å². The van der Waals surface area contributed by atoms with Crippen LogP contribution in [0.2, 0.25) is 5.02 Å². The summed E-state index contributed by atoms with van der Waals surface area (Å²) < 4.78 is 13.5. The van der Waals surface area contributed by atoms with E-state index in [-0.39, 0.29) is 60.8 Å². The van der Waals surface area contributed by atoms with Gasteiger partial charge in [0, 0.05) is 83.8 Å². The van der Waals surface area contributed by atoms with E-state index >= 15 is 0 Å². The minimum Gasteiger partial charge on any atom is -0.394 e. The molecule has 2 aromatic carbocycles. The number of benzene rings is 2. The van der Waals surface area contributed by atoms with Crippen molar-refractivity contribution in [1.29, 1.82) is 0 Å². The number of aliphatic hydroxyl groups is 2. The second kappa shape index (κ2) is 26.8. The largest absolute Gasteiger partial charge is 0.394 e. The number of halogens is 1. The summed E-state index contributed by atoms with van der Waals surface area (Å²) >= 11 is 7.91. The fraction of sp³-hybridized carbons (Fsp3) is 0.531. The Morgan fingerprint density at radius 1 is 0.959 bits per heavy atom. The zero-order chi connectivity index (χ0) is 52.8. The van der Waals surface area contributed by atoms with Crippen LogP contribution in [0.4, 0.5) is 11.5 Å². The number of thioether (sulfide) groups is 1. The number of piperidine rings is 2. The highest BCUT2D eigenvalue weighted by atomic mass is 35.5. The third kappa shape index (κ3) is 15.5. The smallest absolute Gasteiger partial charge is 0.351 e. The van der Waals surface area contributed by atoms with Gasteiger partial charge in [-0.3, -0.25) is 33.3 Å². The van der Waals surface area contributed by atoms with Crippen LogP contribution in [0, 0.1) is 25.7 Å². The highest BCUT2D eigenvalue weighted by molar-refractivity contribution is 8.00. The van der Waals surface area contributed by atoms with Crippen molar-refractivity contribution >= 4 is 52.6 Å². The first-order valence-corrected chi connectivity index (χ1v) is 25.7. The molecule has 8 rings (SSSR count). The van der Waals surface area contributed by atoms with Crippen molar-refractivity contribution in [3.8, 4) is 0 Å². The molecule has 5 atom stereocenters. The molecule has 4 aliphatic heterocycles. The lowest BCUT2D eigenvalue weighted by Crippen LogP contribution is -2.45. The van der Waals surface area contributed by atoms with Crippen LogP contribution in [0.3, 0.4) is 0 Å². The van der Waals surface area contributed by atoms with Gasteiger partial charge in [0.05, 0.1) is 25.4 Å². The molecule has 0 radical (unpaired) electrons. The predicted octanol–water partition coefficient (Wildman–Crippen LogP) is 3.89. The van der Waals surface area contributed by atoms with Gasteiger partial charge in [0.2, 0.25) is 17.7 Å². The predicted molar refractivity (Wildman–Crippen MR) is 277 cm³/mol. The van der Waals surface area contributed by atoms with Gasteiger partial charge >= 0.3 is 11.4 Å². The number of aryl methyl sites for hydroxylation is 2. The van der Waals surface area contributed by atoms with E-state index in [1.807, 2.05) is 59.2 Å². The molecule has 73 heavy (non-hydrogen) atoms. The van der Waals surface area contributed by atoms with E-state index in [2.05, 4.69) is 24.9 Å². The summed E-state index contributed by atoms with van der Waals surface area (Å²) in [5.41, 5.74) is 21.4. The first-order valence-electron chi connectivity index (χ1n) is 24.3. The van der Waals surface area contributed by atoms with Crippen LogP contribution in [-0.2, 0) is 25.5 Å². The zero-order valence-electron chi connectivity index (χ0n) is 41.3. The Hall–Kier alpha value is -6.04. The van der Waals surface area contributed by atoms with Crippen LogP contribution in [0.15, 0.2) is 80.4 Å². The minimum atomic E-state index is -0.671. The summed E-state index contributed by atoms with van der Waals surface area (Å²) in [5.74, 6) is 1.20. The number of H-pyrrole nitrogens is 1. The van der Waals surface area contributed by atoms with Crippen molar-refractivity contribution in [2.75, 3.05) is 68.9 Å². The van der Waals surface area contributed by atoms with Gasteiger partial charge in [-0.15, -0.1) is 11.8 Å². The fourth-order valence-electron chi connectivity index (χ4n) is 9.15. The number of nitrogens with zero attached hydrogens (tertiary/aromatic N) is 9. The topological polar surface area (TPSA) is 310 Å². The molecule has 4 saturated heterocycles. The maximum Gasteiger partial charge on any atom is 0.351 e. The van der Waals surface area contributed by atoms with E-state index < -0.39 is 35.3 Å². The number of aromatic nitrogens is 4. The van der Waals surface area contributed by atoms with Crippen LogP contribution in [-0.4, -0.2) is 133 Å². The number of carbonyl (C=O) groups is 3. The molecule has 6 heterocycles. The first kappa shape index (κ1) is 56.3. The summed E-state index contributed by atoms with van der Waals surface area (Å²) in [7, 11) is 0. The SMILES string of the molecule is CC(=O)N1CCC(C(=O)N(CCCN2CCC(Cc3ccc(C(N)=O)cc3)CC2)c2ccc(C)c(Cl)c2)CC1.Cc1cn([C@H]2C[C@H](N=[N+]=[N-])[C@@H](CO)O2)c(=O)[nH]c1=O.Nc1ccn([C@@H]2CS[C@H](CO)O2)c(=O)n1. The average molecular weight is 1050 g/mol. The molecule has 2 aromatic heterocycles. The second-order valence-corrected chi connectivity index (χ2v) is 20.1. The Kier molecular flexibility index (Phi) is 20.6. The van der Waals surface area contributed by atoms with E-state index in [4.69, 9.17) is 48.3 Å². The molecule has 3 amide bonds. The Labute approximate surface area is 431 Å². The van der Waals surface area contributed by atoms with E-state index in [0.29, 0.717) is 60.3 Å². The van der Waals surface area contributed by atoms with E-state index in [1.165, 1.54) is 32.7 Å². The third-order valence-corrected chi connectivity index (χ3v) is 15.0. The van der Waals surface area contributed by atoms with Crippen molar-refractivity contribution in [2.45, 2.75) is 95.8 Å². The van der Waals surface area contributed by atoms with Crippen LogP contribution < -0.4 is 33.3 Å². The van der Waals surface area contributed by atoms with Crippen molar-refractivity contribution in [3.05, 3.63) is 130 Å². The molecular formula is C49H65ClN12O10S. The lowest BCUT2D eigenvalue weighted by Gasteiger charge is -2.35. The molecule has 22 nitrogen and oxygen atoms in total. The third-order valence-electron chi connectivity index (χ3n) is 13.4. The standard InChI is InChI=1S/C31H41ClN4O3.C10H13N5O4.C8H11N3O3S/c1-22-4-9-28(21-29(22)32)36(31(39)27-12-18-35(19-13-27)23(2)37)15-3-14-34-16-10-25(11-17-34)20-24-5-7-26(8-6-24)30(33)38;1-5-3-15(10(18)12-9(5)17)8-2-6(13-14-11)7(4-16)19-8;9-5-1-2-11(8(13)10-5)6-4-15-7(3-12)14-6/h4-9,21,25,27H,3,10-20H2,1-2H3,(H2,33,38);3,6-8,16H,2,4H2,1H3,(H,12,17,18);1-2,6-7,12H,3-4H2,(H2,9,10,13)/t;6-,7+,8+;6-,7+/m.00/s1. The Balaban J connectivity index is 0.000000210. The minimum absolute atomic E-state index is 0.0572. The average Bonchev–Trinajstić information content (AvgIpc) is 4.03. The number of hydrogen-bond donors (Lipinski definition) is 5. The molecule has 4 fully saturated rings. The normalized spacial score (nSPS) is 21.3. The number of azide groups is 1. The highest BCUT2D eigenvalue weighted by Crippen LogP contribution is 2.32. The van der Waals surface area contributed by atoms with Gasteiger partial charge in [0.15, 0.2) is 0 Å². The van der Waals surface area contributed by atoms with E-state index in [0.717, 1.165) is 56.6 Å².